The second-order valence-electron chi connectivity index (χ2n) is 4.49. The maximum Gasteiger partial charge on any atom is 0.0900 e. The number of hydrogen-bond donors (Lipinski definition) is 1. The molecule has 0 aliphatic carbocycles. The van der Waals surface area contributed by atoms with Crippen molar-refractivity contribution in [2.75, 3.05) is 13.2 Å². The molecule has 1 aromatic heterocycles. The first-order valence-electron chi connectivity index (χ1n) is 6.23. The van der Waals surface area contributed by atoms with Gasteiger partial charge in [0, 0.05) is 13.1 Å². The lowest BCUT2D eigenvalue weighted by molar-refractivity contribution is 0.0988. The van der Waals surface area contributed by atoms with Crippen LogP contribution in [0.15, 0.2) is 0 Å². The predicted molar refractivity (Wildman–Crippen MR) is 68.3 cm³/mol. The third-order valence-electron chi connectivity index (χ3n) is 3.22. The third-order valence-corrected chi connectivity index (χ3v) is 3.66. The van der Waals surface area contributed by atoms with E-state index in [2.05, 4.69) is 17.3 Å². The zero-order chi connectivity index (χ0) is 12.3. The molecule has 1 aliphatic heterocycles. The smallest absolute Gasteiger partial charge is 0.0900 e. The van der Waals surface area contributed by atoms with Gasteiger partial charge in [-0.25, -0.2) is 0 Å². The molecule has 1 fully saturated rings. The average Bonchev–Trinajstić information content (AvgIpc) is 2.91. The molecular weight excluding hydrogens is 238 g/mol. The molecule has 2 rings (SSSR count). The van der Waals surface area contributed by atoms with E-state index in [0.29, 0.717) is 12.6 Å². The lowest BCUT2D eigenvalue weighted by atomic mass is 10.2. The molecule has 0 saturated carbocycles. The minimum absolute atomic E-state index is 0.507. The molecule has 17 heavy (non-hydrogen) atoms. The van der Waals surface area contributed by atoms with Gasteiger partial charge in [0.1, 0.15) is 0 Å². The van der Waals surface area contributed by atoms with Gasteiger partial charge >= 0.3 is 0 Å². The number of halogens is 1. The number of aromatic nitrogens is 2. The largest absolute Gasteiger partial charge is 0.373 e. The van der Waals surface area contributed by atoms with Crippen molar-refractivity contribution in [2.24, 2.45) is 7.05 Å². The quantitative estimate of drug-likeness (QED) is 0.876. The second kappa shape index (κ2) is 5.85. The van der Waals surface area contributed by atoms with Crippen molar-refractivity contribution in [3.63, 3.8) is 0 Å². The summed E-state index contributed by atoms with van der Waals surface area (Å²) in [6, 6.07) is 0.507. The number of ether oxygens (including phenoxy) is 1. The molecule has 96 valence electrons. The van der Waals surface area contributed by atoms with E-state index in [1.807, 2.05) is 11.7 Å². The molecule has 0 aromatic carbocycles. The highest BCUT2D eigenvalue weighted by Crippen LogP contribution is 2.21. The minimum Gasteiger partial charge on any atom is -0.373 e. The number of aryl methyl sites for hydroxylation is 2. The van der Waals surface area contributed by atoms with Crippen molar-refractivity contribution in [1.82, 2.24) is 15.1 Å². The molecular formula is C12H20ClN3O. The molecule has 1 N–H and O–H groups in total. The van der Waals surface area contributed by atoms with Crippen LogP contribution in [-0.4, -0.2) is 29.0 Å². The zero-order valence-electron chi connectivity index (χ0n) is 10.5. The van der Waals surface area contributed by atoms with Crippen LogP contribution in [0.1, 0.15) is 31.2 Å². The van der Waals surface area contributed by atoms with Crippen molar-refractivity contribution in [3.05, 3.63) is 16.4 Å². The Morgan fingerprint density at radius 1 is 1.59 bits per heavy atom. The fourth-order valence-corrected chi connectivity index (χ4v) is 2.52. The molecule has 1 atom stereocenters. The van der Waals surface area contributed by atoms with Crippen LogP contribution in [0.25, 0.3) is 0 Å². The van der Waals surface area contributed by atoms with Crippen LogP contribution in [0.4, 0.5) is 0 Å². The maximum absolute atomic E-state index is 6.25. The summed E-state index contributed by atoms with van der Waals surface area (Å²) >= 11 is 6.25. The average molecular weight is 258 g/mol. The van der Waals surface area contributed by atoms with Crippen molar-refractivity contribution in [3.8, 4) is 0 Å². The Balaban J connectivity index is 1.87. The molecule has 0 amide bonds. The highest BCUT2D eigenvalue weighted by atomic mass is 35.5. The molecule has 1 aliphatic rings. The predicted octanol–water partition coefficient (Wildman–Crippen LogP) is 1.90. The Bertz CT molecular complexity index is 372. The van der Waals surface area contributed by atoms with E-state index in [-0.39, 0.29) is 0 Å². The van der Waals surface area contributed by atoms with Crippen LogP contribution >= 0.6 is 11.6 Å². The first-order chi connectivity index (χ1) is 8.22. The first-order valence-corrected chi connectivity index (χ1v) is 6.61. The van der Waals surface area contributed by atoms with Gasteiger partial charge in [-0.1, -0.05) is 18.5 Å². The molecule has 1 unspecified atom stereocenters. The zero-order valence-corrected chi connectivity index (χ0v) is 11.3. The Morgan fingerprint density at radius 3 is 3.00 bits per heavy atom. The van der Waals surface area contributed by atoms with Gasteiger partial charge < -0.3 is 10.1 Å². The summed E-state index contributed by atoms with van der Waals surface area (Å²) in [5, 5.41) is 8.53. The Morgan fingerprint density at radius 2 is 2.41 bits per heavy atom. The minimum atomic E-state index is 0.507. The maximum atomic E-state index is 6.25. The van der Waals surface area contributed by atoms with Crippen LogP contribution in [0.3, 0.4) is 0 Å². The topological polar surface area (TPSA) is 39.1 Å². The van der Waals surface area contributed by atoms with E-state index in [0.717, 1.165) is 36.0 Å². The molecule has 0 radical (unpaired) electrons. The van der Waals surface area contributed by atoms with E-state index >= 15 is 0 Å². The standard InChI is InChI=1S/C12H20ClN3O/c1-3-10-12(13)11(16(2)15-10)8-17-7-9-5-4-6-14-9/h9,14H,3-8H2,1-2H3. The van der Waals surface area contributed by atoms with Crippen molar-refractivity contribution in [2.45, 2.75) is 38.8 Å². The molecule has 5 heteroatoms. The summed E-state index contributed by atoms with van der Waals surface area (Å²) < 4.78 is 7.54. The van der Waals surface area contributed by atoms with Crippen LogP contribution in [0.2, 0.25) is 5.02 Å². The monoisotopic (exact) mass is 257 g/mol. The summed E-state index contributed by atoms with van der Waals surface area (Å²) in [7, 11) is 1.91. The number of nitrogens with zero attached hydrogens (tertiary/aromatic N) is 2. The molecule has 1 saturated heterocycles. The second-order valence-corrected chi connectivity index (χ2v) is 4.87. The fraction of sp³-hybridized carbons (Fsp3) is 0.750. The summed E-state index contributed by atoms with van der Waals surface area (Å²) in [6.45, 7) is 4.46. The summed E-state index contributed by atoms with van der Waals surface area (Å²) in [6.07, 6.45) is 3.32. The Kier molecular flexibility index (Phi) is 4.42. The Hall–Kier alpha value is -0.580. The molecule has 1 aromatic rings. The van der Waals surface area contributed by atoms with Gasteiger partial charge in [0.25, 0.3) is 0 Å². The van der Waals surface area contributed by atoms with E-state index in [9.17, 15) is 0 Å². The lowest BCUT2D eigenvalue weighted by Gasteiger charge is -2.11. The van der Waals surface area contributed by atoms with Crippen LogP contribution in [0, 0.1) is 0 Å². The molecule has 2 heterocycles. The van der Waals surface area contributed by atoms with E-state index in [4.69, 9.17) is 16.3 Å². The molecule has 0 bridgehead atoms. The first kappa shape index (κ1) is 12.9. The van der Waals surface area contributed by atoms with Crippen molar-refractivity contribution in [1.29, 1.82) is 0 Å². The highest BCUT2D eigenvalue weighted by Gasteiger charge is 2.16. The van der Waals surface area contributed by atoms with E-state index < -0.39 is 0 Å². The Labute approximate surface area is 107 Å². The summed E-state index contributed by atoms with van der Waals surface area (Å²) in [4.78, 5) is 0. The summed E-state index contributed by atoms with van der Waals surface area (Å²) in [5.74, 6) is 0. The van der Waals surface area contributed by atoms with E-state index in [1.54, 1.807) is 0 Å². The van der Waals surface area contributed by atoms with Crippen molar-refractivity contribution >= 4 is 11.6 Å². The third kappa shape index (κ3) is 3.00. The lowest BCUT2D eigenvalue weighted by Crippen LogP contribution is -2.26. The van der Waals surface area contributed by atoms with Crippen LogP contribution in [-0.2, 0) is 24.8 Å². The van der Waals surface area contributed by atoms with Gasteiger partial charge in [0.05, 0.1) is 29.6 Å². The van der Waals surface area contributed by atoms with Gasteiger partial charge in [0.2, 0.25) is 0 Å². The normalized spacial score (nSPS) is 20.1. The highest BCUT2D eigenvalue weighted by molar-refractivity contribution is 6.31. The van der Waals surface area contributed by atoms with Gasteiger partial charge in [0.15, 0.2) is 0 Å². The fourth-order valence-electron chi connectivity index (χ4n) is 2.17. The van der Waals surface area contributed by atoms with Crippen LogP contribution < -0.4 is 5.32 Å². The van der Waals surface area contributed by atoms with Gasteiger partial charge in [-0.05, 0) is 25.8 Å². The van der Waals surface area contributed by atoms with Gasteiger partial charge in [-0.15, -0.1) is 0 Å². The van der Waals surface area contributed by atoms with Crippen molar-refractivity contribution < 1.29 is 4.74 Å². The van der Waals surface area contributed by atoms with E-state index in [1.165, 1.54) is 12.8 Å². The SMILES string of the molecule is CCc1nn(C)c(COCC2CCCN2)c1Cl. The molecule has 0 spiro atoms. The van der Waals surface area contributed by atoms with Crippen LogP contribution in [0.5, 0.6) is 0 Å². The molecule has 4 nitrogen and oxygen atoms in total. The number of rotatable bonds is 5. The number of hydrogen-bond acceptors (Lipinski definition) is 3. The summed E-state index contributed by atoms with van der Waals surface area (Å²) in [5.41, 5.74) is 1.92. The van der Waals surface area contributed by atoms with Gasteiger partial charge in [-0.3, -0.25) is 4.68 Å². The number of nitrogens with one attached hydrogen (secondary N) is 1. The van der Waals surface area contributed by atoms with Gasteiger partial charge in [-0.2, -0.15) is 5.10 Å².